The van der Waals surface area contributed by atoms with Gasteiger partial charge in [-0.1, -0.05) is 6.07 Å². The molecule has 2 aromatic rings. The van der Waals surface area contributed by atoms with E-state index in [1.165, 1.54) is 0 Å². The number of nitrogens with zero attached hydrogens (tertiary/aromatic N) is 3. The topological polar surface area (TPSA) is 69.7 Å². The Hall–Kier alpha value is -2.78. The Labute approximate surface area is 147 Å². The second-order valence-corrected chi connectivity index (χ2v) is 6.01. The highest BCUT2D eigenvalue weighted by atomic mass is 16.5. The minimum absolute atomic E-state index is 0.0375. The van der Waals surface area contributed by atoms with Crippen molar-refractivity contribution >= 4 is 5.91 Å². The van der Waals surface area contributed by atoms with E-state index in [9.17, 15) is 4.79 Å². The second-order valence-electron chi connectivity index (χ2n) is 6.01. The number of amides is 1. The maximum absolute atomic E-state index is 12.4. The van der Waals surface area contributed by atoms with Gasteiger partial charge >= 0.3 is 0 Å². The summed E-state index contributed by atoms with van der Waals surface area (Å²) in [6, 6.07) is 11.0. The zero-order valence-electron chi connectivity index (χ0n) is 14.3. The molecule has 0 bridgehead atoms. The third-order valence-corrected chi connectivity index (χ3v) is 4.39. The summed E-state index contributed by atoms with van der Waals surface area (Å²) in [5.41, 5.74) is 1.24. The van der Waals surface area contributed by atoms with Gasteiger partial charge in [0.1, 0.15) is 18.1 Å². The van der Waals surface area contributed by atoms with Gasteiger partial charge in [-0.3, -0.25) is 9.69 Å². The molecule has 1 aliphatic rings. The first-order chi connectivity index (χ1) is 12.2. The van der Waals surface area contributed by atoms with Crippen LogP contribution in [0.3, 0.4) is 0 Å². The molecule has 0 atom stereocenters. The van der Waals surface area contributed by atoms with E-state index >= 15 is 0 Å². The van der Waals surface area contributed by atoms with Crippen LogP contribution in [0.4, 0.5) is 0 Å². The summed E-state index contributed by atoms with van der Waals surface area (Å²) in [7, 11) is 0. The zero-order chi connectivity index (χ0) is 17.6. The Morgan fingerprint density at radius 2 is 2.08 bits per heavy atom. The number of hydrogen-bond acceptors (Lipinski definition) is 5. The van der Waals surface area contributed by atoms with Crippen LogP contribution in [0.15, 0.2) is 41.0 Å². The molecular formula is C19H21N3O3. The number of carbonyl (C=O) groups excluding carboxylic acids is 1. The van der Waals surface area contributed by atoms with Crippen molar-refractivity contribution in [2.75, 3.05) is 39.3 Å². The molecule has 1 saturated heterocycles. The number of nitriles is 1. The lowest BCUT2D eigenvalue weighted by Crippen LogP contribution is -2.49. The summed E-state index contributed by atoms with van der Waals surface area (Å²) in [5, 5.41) is 8.89. The lowest BCUT2D eigenvalue weighted by atomic mass is 10.2. The number of ether oxygens (including phenoxy) is 1. The fourth-order valence-corrected chi connectivity index (χ4v) is 2.90. The van der Waals surface area contributed by atoms with Gasteiger partial charge in [0.25, 0.3) is 5.91 Å². The Morgan fingerprint density at radius 1 is 1.28 bits per heavy atom. The smallest absolute Gasteiger partial charge is 0.257 e. The lowest BCUT2D eigenvalue weighted by Gasteiger charge is -2.34. The Kier molecular flexibility index (Phi) is 5.36. The fraction of sp³-hybridized carbons (Fsp3) is 0.368. The van der Waals surface area contributed by atoms with Gasteiger partial charge in [0.15, 0.2) is 0 Å². The van der Waals surface area contributed by atoms with E-state index in [-0.39, 0.29) is 5.91 Å². The minimum Gasteiger partial charge on any atom is -0.492 e. The van der Waals surface area contributed by atoms with Crippen LogP contribution in [0.1, 0.15) is 21.7 Å². The molecule has 1 aromatic heterocycles. The van der Waals surface area contributed by atoms with E-state index in [0.717, 1.165) is 19.6 Å². The van der Waals surface area contributed by atoms with Gasteiger partial charge in [0.05, 0.1) is 23.5 Å². The molecule has 1 aromatic carbocycles. The normalized spacial score (nSPS) is 15.0. The number of piperazine rings is 1. The predicted octanol–water partition coefficient (Wildman–Crippen LogP) is 2.30. The third-order valence-electron chi connectivity index (χ3n) is 4.39. The van der Waals surface area contributed by atoms with Crippen molar-refractivity contribution in [3.8, 4) is 11.8 Å². The van der Waals surface area contributed by atoms with E-state index in [0.29, 0.717) is 42.3 Å². The van der Waals surface area contributed by atoms with E-state index in [2.05, 4.69) is 11.0 Å². The Morgan fingerprint density at radius 3 is 2.76 bits per heavy atom. The summed E-state index contributed by atoms with van der Waals surface area (Å²) >= 11 is 0. The van der Waals surface area contributed by atoms with Gasteiger partial charge < -0.3 is 14.1 Å². The molecule has 3 rings (SSSR count). The summed E-state index contributed by atoms with van der Waals surface area (Å²) in [6.45, 7) is 6.21. The minimum atomic E-state index is 0.0375. The molecule has 6 heteroatoms. The highest BCUT2D eigenvalue weighted by molar-refractivity contribution is 5.95. The number of furan rings is 1. The van der Waals surface area contributed by atoms with E-state index in [4.69, 9.17) is 14.4 Å². The first kappa shape index (κ1) is 17.1. The van der Waals surface area contributed by atoms with Crippen molar-refractivity contribution in [3.63, 3.8) is 0 Å². The van der Waals surface area contributed by atoms with Crippen LogP contribution >= 0.6 is 0 Å². The van der Waals surface area contributed by atoms with Gasteiger partial charge in [0.2, 0.25) is 0 Å². The molecular weight excluding hydrogens is 318 g/mol. The number of aryl methyl sites for hydroxylation is 1. The SMILES string of the molecule is Cc1occc1C(=O)N1CCN(CCOc2cccc(C#N)c2)CC1. The molecule has 0 spiro atoms. The molecule has 1 fully saturated rings. The molecule has 0 unspecified atom stereocenters. The monoisotopic (exact) mass is 339 g/mol. The average Bonchev–Trinajstić information content (AvgIpc) is 3.08. The van der Waals surface area contributed by atoms with Gasteiger partial charge in [-0.25, -0.2) is 0 Å². The first-order valence-corrected chi connectivity index (χ1v) is 8.36. The van der Waals surface area contributed by atoms with Gasteiger partial charge in [-0.15, -0.1) is 0 Å². The van der Waals surface area contributed by atoms with Gasteiger partial charge in [-0.2, -0.15) is 5.26 Å². The molecule has 1 aliphatic heterocycles. The molecule has 0 aliphatic carbocycles. The van der Waals surface area contributed by atoms with Crippen molar-refractivity contribution in [1.82, 2.24) is 9.80 Å². The third kappa shape index (κ3) is 4.20. The summed E-state index contributed by atoms with van der Waals surface area (Å²) < 4.78 is 10.9. The Balaban J connectivity index is 1.43. The number of carbonyl (C=O) groups is 1. The average molecular weight is 339 g/mol. The van der Waals surface area contributed by atoms with Crippen LogP contribution in [0, 0.1) is 18.3 Å². The van der Waals surface area contributed by atoms with Crippen molar-refractivity contribution in [2.45, 2.75) is 6.92 Å². The van der Waals surface area contributed by atoms with Crippen molar-refractivity contribution < 1.29 is 13.9 Å². The molecule has 130 valence electrons. The van der Waals surface area contributed by atoms with E-state index < -0.39 is 0 Å². The van der Waals surface area contributed by atoms with Crippen molar-refractivity contribution in [3.05, 3.63) is 53.5 Å². The summed E-state index contributed by atoms with van der Waals surface area (Å²) in [5.74, 6) is 1.42. The maximum Gasteiger partial charge on any atom is 0.257 e. The Bertz CT molecular complexity index is 770. The maximum atomic E-state index is 12.4. The molecule has 0 N–H and O–H groups in total. The second kappa shape index (κ2) is 7.86. The van der Waals surface area contributed by atoms with Crippen LogP contribution in [0.2, 0.25) is 0 Å². The fourth-order valence-electron chi connectivity index (χ4n) is 2.90. The number of rotatable bonds is 5. The van der Waals surface area contributed by atoms with E-state index in [1.807, 2.05) is 24.0 Å². The van der Waals surface area contributed by atoms with Crippen LogP contribution < -0.4 is 4.74 Å². The first-order valence-electron chi connectivity index (χ1n) is 8.36. The summed E-state index contributed by atoms with van der Waals surface area (Å²) in [4.78, 5) is 16.6. The highest BCUT2D eigenvalue weighted by Crippen LogP contribution is 2.15. The van der Waals surface area contributed by atoms with Crippen LogP contribution in [-0.4, -0.2) is 55.0 Å². The molecule has 0 radical (unpaired) electrons. The van der Waals surface area contributed by atoms with Crippen LogP contribution in [0.5, 0.6) is 5.75 Å². The molecule has 1 amide bonds. The standard InChI is InChI=1S/C19H21N3O3/c1-15-18(5-11-24-15)19(23)22-8-6-21(7-9-22)10-12-25-17-4-2-3-16(13-17)14-20/h2-5,11,13H,6-10,12H2,1H3. The predicted molar refractivity (Wildman–Crippen MR) is 92.4 cm³/mol. The highest BCUT2D eigenvalue weighted by Gasteiger charge is 2.23. The van der Waals surface area contributed by atoms with Gasteiger partial charge in [-0.05, 0) is 31.2 Å². The molecule has 25 heavy (non-hydrogen) atoms. The van der Waals surface area contributed by atoms with Crippen molar-refractivity contribution in [1.29, 1.82) is 5.26 Å². The molecule has 2 heterocycles. The number of hydrogen-bond donors (Lipinski definition) is 0. The quantitative estimate of drug-likeness (QED) is 0.836. The zero-order valence-corrected chi connectivity index (χ0v) is 14.3. The molecule has 6 nitrogen and oxygen atoms in total. The summed E-state index contributed by atoms with van der Waals surface area (Å²) in [6.07, 6.45) is 1.55. The van der Waals surface area contributed by atoms with Crippen molar-refractivity contribution in [2.24, 2.45) is 0 Å². The van der Waals surface area contributed by atoms with Crippen LogP contribution in [0.25, 0.3) is 0 Å². The molecule has 0 saturated carbocycles. The van der Waals surface area contributed by atoms with Gasteiger partial charge in [0, 0.05) is 32.7 Å². The number of benzene rings is 1. The van der Waals surface area contributed by atoms with E-state index in [1.54, 1.807) is 24.5 Å². The lowest BCUT2D eigenvalue weighted by molar-refractivity contribution is 0.0618. The largest absolute Gasteiger partial charge is 0.492 e. The van der Waals surface area contributed by atoms with Crippen LogP contribution in [-0.2, 0) is 0 Å².